The fourth-order valence-corrected chi connectivity index (χ4v) is 2.29. The molecule has 0 aliphatic carbocycles. The van der Waals surface area contributed by atoms with Gasteiger partial charge in [0.1, 0.15) is 5.76 Å². The second kappa shape index (κ2) is 5.32. The zero-order valence-corrected chi connectivity index (χ0v) is 11.9. The number of hydrogen-bond donors (Lipinski definition) is 0. The maximum Gasteiger partial charge on any atom is 0.376 e. The molecule has 0 N–H and O–H groups in total. The summed E-state index contributed by atoms with van der Waals surface area (Å²) in [5.41, 5.74) is 2.72. The monoisotopic (exact) mass is 281 g/mol. The molecular weight excluding hydrogens is 266 g/mol. The fraction of sp³-hybridized carbons (Fsp3) is 0.118. The second-order valence-electron chi connectivity index (χ2n) is 4.72. The lowest BCUT2D eigenvalue weighted by Crippen LogP contribution is -2.03. The van der Waals surface area contributed by atoms with Gasteiger partial charge in [0.25, 0.3) is 0 Å². The molecule has 0 fully saturated rings. The summed E-state index contributed by atoms with van der Waals surface area (Å²) in [7, 11) is 1.34. The van der Waals surface area contributed by atoms with Crippen molar-refractivity contribution >= 4 is 5.97 Å². The number of rotatable bonds is 3. The van der Waals surface area contributed by atoms with Crippen LogP contribution in [0.2, 0.25) is 0 Å². The molecule has 0 unspecified atom stereocenters. The smallest absolute Gasteiger partial charge is 0.376 e. The molecule has 0 aliphatic rings. The van der Waals surface area contributed by atoms with Crippen LogP contribution in [0.3, 0.4) is 0 Å². The standard InChI is InChI=1S/C17H15NO3/c1-12-7-3-4-8-13(12)15-11-14(18-9-5-6-10-18)16(21-15)17(19)20-2/h3-11H,1-2H3. The first-order valence-electron chi connectivity index (χ1n) is 6.62. The third-order valence-electron chi connectivity index (χ3n) is 3.38. The number of hydrogen-bond acceptors (Lipinski definition) is 3. The Morgan fingerprint density at radius 1 is 1.14 bits per heavy atom. The molecule has 0 atom stereocenters. The van der Waals surface area contributed by atoms with Crippen molar-refractivity contribution in [3.63, 3.8) is 0 Å². The van der Waals surface area contributed by atoms with Gasteiger partial charge in [-0.15, -0.1) is 0 Å². The summed E-state index contributed by atoms with van der Waals surface area (Å²) in [6.45, 7) is 2.00. The van der Waals surface area contributed by atoms with Crippen LogP contribution in [0.25, 0.3) is 17.0 Å². The van der Waals surface area contributed by atoms with Crippen LogP contribution in [0.15, 0.2) is 59.3 Å². The molecule has 0 radical (unpaired) electrons. The number of carbonyl (C=O) groups is 1. The van der Waals surface area contributed by atoms with E-state index >= 15 is 0 Å². The number of aryl methyl sites for hydroxylation is 1. The molecule has 3 rings (SSSR count). The highest BCUT2D eigenvalue weighted by Crippen LogP contribution is 2.30. The van der Waals surface area contributed by atoms with Crippen LogP contribution < -0.4 is 0 Å². The van der Waals surface area contributed by atoms with Crippen LogP contribution in [0.5, 0.6) is 0 Å². The Hall–Kier alpha value is -2.75. The molecule has 0 spiro atoms. The maximum atomic E-state index is 11.9. The molecule has 0 aliphatic heterocycles. The van der Waals surface area contributed by atoms with E-state index in [1.807, 2.05) is 66.3 Å². The molecule has 106 valence electrons. The van der Waals surface area contributed by atoms with Gasteiger partial charge in [-0.25, -0.2) is 4.79 Å². The van der Waals surface area contributed by atoms with E-state index in [-0.39, 0.29) is 5.76 Å². The molecule has 0 bridgehead atoms. The van der Waals surface area contributed by atoms with Gasteiger partial charge in [-0.3, -0.25) is 0 Å². The van der Waals surface area contributed by atoms with Crippen LogP contribution in [0.4, 0.5) is 0 Å². The summed E-state index contributed by atoms with van der Waals surface area (Å²) in [6.07, 6.45) is 3.72. The van der Waals surface area contributed by atoms with Gasteiger partial charge < -0.3 is 13.7 Å². The molecule has 0 saturated carbocycles. The molecule has 3 aromatic rings. The summed E-state index contributed by atoms with van der Waals surface area (Å²) in [6, 6.07) is 13.5. The minimum atomic E-state index is -0.487. The summed E-state index contributed by atoms with van der Waals surface area (Å²) >= 11 is 0. The Bertz CT molecular complexity index is 769. The number of ether oxygens (including phenoxy) is 1. The van der Waals surface area contributed by atoms with Gasteiger partial charge in [-0.05, 0) is 24.6 Å². The SMILES string of the molecule is COC(=O)c1oc(-c2ccccc2C)cc1-n1cccc1. The van der Waals surface area contributed by atoms with E-state index in [1.54, 1.807) is 0 Å². The highest BCUT2D eigenvalue weighted by Gasteiger charge is 2.21. The minimum Gasteiger partial charge on any atom is -0.463 e. The number of methoxy groups -OCH3 is 1. The van der Waals surface area contributed by atoms with E-state index in [1.165, 1.54) is 7.11 Å². The molecule has 2 aromatic heterocycles. The van der Waals surface area contributed by atoms with Crippen LogP contribution in [0.1, 0.15) is 16.1 Å². The average Bonchev–Trinajstić information content (AvgIpc) is 3.15. The molecule has 0 amide bonds. The molecule has 4 nitrogen and oxygen atoms in total. The van der Waals surface area contributed by atoms with Gasteiger partial charge >= 0.3 is 5.97 Å². The Labute approximate surface area is 122 Å². The van der Waals surface area contributed by atoms with Crippen molar-refractivity contribution in [3.8, 4) is 17.0 Å². The summed E-state index contributed by atoms with van der Waals surface area (Å²) in [4.78, 5) is 11.9. The quantitative estimate of drug-likeness (QED) is 0.685. The molecule has 2 heterocycles. The number of furan rings is 1. The maximum absolute atomic E-state index is 11.9. The molecule has 1 aromatic carbocycles. The lowest BCUT2D eigenvalue weighted by molar-refractivity contribution is 0.0566. The van der Waals surface area contributed by atoms with Crippen molar-refractivity contribution in [2.24, 2.45) is 0 Å². The largest absolute Gasteiger partial charge is 0.463 e. The Morgan fingerprint density at radius 3 is 2.52 bits per heavy atom. The molecular formula is C17H15NO3. The highest BCUT2D eigenvalue weighted by molar-refractivity contribution is 5.91. The van der Waals surface area contributed by atoms with E-state index in [0.717, 1.165) is 11.1 Å². The highest BCUT2D eigenvalue weighted by atomic mass is 16.5. The first kappa shape index (κ1) is 13.2. The zero-order valence-electron chi connectivity index (χ0n) is 11.9. The van der Waals surface area contributed by atoms with Crippen molar-refractivity contribution < 1.29 is 13.9 Å². The summed E-state index contributed by atoms with van der Waals surface area (Å²) in [5, 5.41) is 0. The fourth-order valence-electron chi connectivity index (χ4n) is 2.29. The van der Waals surface area contributed by atoms with E-state index in [2.05, 4.69) is 0 Å². The van der Waals surface area contributed by atoms with E-state index in [9.17, 15) is 4.79 Å². The van der Waals surface area contributed by atoms with Crippen LogP contribution in [-0.2, 0) is 4.74 Å². The number of benzene rings is 1. The van der Waals surface area contributed by atoms with Crippen molar-refractivity contribution in [3.05, 3.63) is 66.2 Å². The van der Waals surface area contributed by atoms with E-state index in [4.69, 9.17) is 9.15 Å². The van der Waals surface area contributed by atoms with Crippen molar-refractivity contribution in [1.82, 2.24) is 4.57 Å². The van der Waals surface area contributed by atoms with Crippen LogP contribution in [-0.4, -0.2) is 17.6 Å². The number of carbonyl (C=O) groups excluding carboxylic acids is 1. The summed E-state index contributed by atoms with van der Waals surface area (Å²) < 4.78 is 12.4. The van der Waals surface area contributed by atoms with Crippen molar-refractivity contribution in [2.75, 3.05) is 7.11 Å². The normalized spacial score (nSPS) is 10.6. The Morgan fingerprint density at radius 2 is 1.86 bits per heavy atom. The molecule has 4 heteroatoms. The predicted octanol–water partition coefficient (Wildman–Crippen LogP) is 3.83. The van der Waals surface area contributed by atoms with Crippen LogP contribution in [0, 0.1) is 6.92 Å². The third kappa shape index (κ3) is 2.36. The van der Waals surface area contributed by atoms with Gasteiger partial charge in [-0.2, -0.15) is 0 Å². The van der Waals surface area contributed by atoms with Crippen molar-refractivity contribution in [2.45, 2.75) is 6.92 Å². The van der Waals surface area contributed by atoms with E-state index < -0.39 is 5.97 Å². The first-order chi connectivity index (χ1) is 10.2. The second-order valence-corrected chi connectivity index (χ2v) is 4.72. The van der Waals surface area contributed by atoms with Crippen molar-refractivity contribution in [1.29, 1.82) is 0 Å². The lowest BCUT2D eigenvalue weighted by atomic mass is 10.1. The van der Waals surface area contributed by atoms with Gasteiger partial charge in [0, 0.05) is 24.0 Å². The topological polar surface area (TPSA) is 44.4 Å². The number of aromatic nitrogens is 1. The predicted molar refractivity (Wildman–Crippen MR) is 79.5 cm³/mol. The summed E-state index contributed by atoms with van der Waals surface area (Å²) in [5.74, 6) is 0.364. The van der Waals surface area contributed by atoms with Gasteiger partial charge in [0.05, 0.1) is 12.8 Å². The third-order valence-corrected chi connectivity index (χ3v) is 3.38. The molecule has 21 heavy (non-hydrogen) atoms. The minimum absolute atomic E-state index is 0.201. The van der Waals surface area contributed by atoms with Gasteiger partial charge in [0.15, 0.2) is 0 Å². The van der Waals surface area contributed by atoms with Crippen LogP contribution >= 0.6 is 0 Å². The van der Waals surface area contributed by atoms with Gasteiger partial charge in [-0.1, -0.05) is 24.3 Å². The average molecular weight is 281 g/mol. The Balaban J connectivity index is 2.17. The first-order valence-corrected chi connectivity index (χ1v) is 6.62. The lowest BCUT2D eigenvalue weighted by Gasteiger charge is -2.01. The van der Waals surface area contributed by atoms with E-state index in [0.29, 0.717) is 11.4 Å². The number of nitrogens with zero attached hydrogens (tertiary/aromatic N) is 1. The van der Waals surface area contributed by atoms with Gasteiger partial charge in [0.2, 0.25) is 5.76 Å². The zero-order chi connectivity index (χ0) is 14.8. The number of esters is 1. The molecule has 0 saturated heterocycles. The Kier molecular flexibility index (Phi) is 3.36.